The SMILES string of the molecule is Cc1noc(C2CN(C(=O)c3cc[nH]c(=O)c3)CC2c2ccccc2)n1. The Morgan fingerprint density at radius 2 is 1.96 bits per heavy atom. The highest BCUT2D eigenvalue weighted by molar-refractivity contribution is 5.94. The molecule has 0 spiro atoms. The Morgan fingerprint density at radius 1 is 1.19 bits per heavy atom. The number of rotatable bonds is 3. The molecule has 0 saturated carbocycles. The number of pyridine rings is 1. The number of aromatic nitrogens is 3. The number of hydrogen-bond acceptors (Lipinski definition) is 5. The molecule has 3 aromatic rings. The quantitative estimate of drug-likeness (QED) is 0.781. The summed E-state index contributed by atoms with van der Waals surface area (Å²) >= 11 is 0. The lowest BCUT2D eigenvalue weighted by molar-refractivity contribution is 0.0788. The Labute approximate surface area is 149 Å². The normalized spacial score (nSPS) is 19.7. The number of nitrogens with zero attached hydrogens (tertiary/aromatic N) is 3. The Kier molecular flexibility index (Phi) is 4.12. The minimum Gasteiger partial charge on any atom is -0.339 e. The number of aryl methyl sites for hydroxylation is 1. The third-order valence-electron chi connectivity index (χ3n) is 4.72. The van der Waals surface area contributed by atoms with E-state index in [0.29, 0.717) is 30.4 Å². The van der Waals surface area contributed by atoms with Gasteiger partial charge in [0, 0.05) is 36.8 Å². The van der Waals surface area contributed by atoms with Gasteiger partial charge in [-0.15, -0.1) is 0 Å². The van der Waals surface area contributed by atoms with Gasteiger partial charge in [0.15, 0.2) is 5.82 Å². The van der Waals surface area contributed by atoms with Crippen molar-refractivity contribution in [2.75, 3.05) is 13.1 Å². The maximum absolute atomic E-state index is 12.9. The monoisotopic (exact) mass is 350 g/mol. The first-order valence-electron chi connectivity index (χ1n) is 8.45. The summed E-state index contributed by atoms with van der Waals surface area (Å²) in [5.74, 6) is 0.922. The van der Waals surface area contributed by atoms with E-state index in [1.165, 1.54) is 12.3 Å². The van der Waals surface area contributed by atoms with E-state index < -0.39 is 0 Å². The fourth-order valence-electron chi connectivity index (χ4n) is 3.48. The van der Waals surface area contributed by atoms with Crippen LogP contribution in [-0.4, -0.2) is 39.0 Å². The number of H-pyrrole nitrogens is 1. The first-order chi connectivity index (χ1) is 12.6. The molecule has 1 fully saturated rings. The Hall–Kier alpha value is -3.22. The first-order valence-corrected chi connectivity index (χ1v) is 8.45. The molecule has 7 heteroatoms. The highest BCUT2D eigenvalue weighted by Gasteiger charge is 2.40. The van der Waals surface area contributed by atoms with Gasteiger partial charge < -0.3 is 14.4 Å². The van der Waals surface area contributed by atoms with Gasteiger partial charge in [-0.3, -0.25) is 9.59 Å². The van der Waals surface area contributed by atoms with E-state index in [2.05, 4.69) is 15.1 Å². The minimum absolute atomic E-state index is 0.0574. The zero-order valence-corrected chi connectivity index (χ0v) is 14.3. The molecule has 2 atom stereocenters. The predicted molar refractivity (Wildman–Crippen MR) is 93.9 cm³/mol. The van der Waals surface area contributed by atoms with E-state index in [-0.39, 0.29) is 23.3 Å². The van der Waals surface area contributed by atoms with Crippen molar-refractivity contribution < 1.29 is 9.32 Å². The predicted octanol–water partition coefficient (Wildman–Crippen LogP) is 2.09. The molecule has 0 aliphatic carbocycles. The largest absolute Gasteiger partial charge is 0.339 e. The second-order valence-corrected chi connectivity index (χ2v) is 6.46. The summed E-state index contributed by atoms with van der Waals surface area (Å²) in [5.41, 5.74) is 1.20. The van der Waals surface area contributed by atoms with Crippen molar-refractivity contribution in [3.63, 3.8) is 0 Å². The number of nitrogens with one attached hydrogen (secondary N) is 1. The molecule has 1 aliphatic rings. The zero-order valence-electron chi connectivity index (χ0n) is 14.3. The Balaban J connectivity index is 1.67. The van der Waals surface area contributed by atoms with Crippen LogP contribution in [0.1, 0.15) is 39.5 Å². The van der Waals surface area contributed by atoms with Gasteiger partial charge >= 0.3 is 0 Å². The first kappa shape index (κ1) is 16.3. The lowest BCUT2D eigenvalue weighted by Gasteiger charge is -2.16. The average molecular weight is 350 g/mol. The van der Waals surface area contributed by atoms with Gasteiger partial charge in [0.1, 0.15) is 0 Å². The molecule has 0 radical (unpaired) electrons. The third-order valence-corrected chi connectivity index (χ3v) is 4.72. The second kappa shape index (κ2) is 6.59. The molecule has 1 amide bonds. The van der Waals surface area contributed by atoms with Crippen LogP contribution < -0.4 is 5.56 Å². The lowest BCUT2D eigenvalue weighted by atomic mass is 9.89. The fourth-order valence-corrected chi connectivity index (χ4v) is 3.48. The minimum atomic E-state index is -0.293. The molecular formula is C19H18N4O3. The van der Waals surface area contributed by atoms with Gasteiger partial charge in [0.25, 0.3) is 5.91 Å². The van der Waals surface area contributed by atoms with Crippen LogP contribution >= 0.6 is 0 Å². The maximum Gasteiger partial charge on any atom is 0.254 e. The van der Waals surface area contributed by atoms with Crippen molar-refractivity contribution >= 4 is 5.91 Å². The molecule has 26 heavy (non-hydrogen) atoms. The molecule has 2 unspecified atom stereocenters. The molecule has 4 rings (SSSR count). The van der Waals surface area contributed by atoms with Crippen molar-refractivity contribution in [1.82, 2.24) is 20.0 Å². The lowest BCUT2D eigenvalue weighted by Crippen LogP contribution is -2.29. The topological polar surface area (TPSA) is 92.1 Å². The van der Waals surface area contributed by atoms with Gasteiger partial charge in [0.05, 0.1) is 5.92 Å². The molecule has 132 valence electrons. The number of hydrogen-bond donors (Lipinski definition) is 1. The van der Waals surface area contributed by atoms with E-state index in [1.807, 2.05) is 30.3 Å². The van der Waals surface area contributed by atoms with Crippen molar-refractivity contribution in [3.05, 3.63) is 81.9 Å². The molecule has 7 nitrogen and oxygen atoms in total. The zero-order chi connectivity index (χ0) is 18.1. The molecule has 1 aliphatic heterocycles. The Bertz CT molecular complexity index is 979. The molecular weight excluding hydrogens is 332 g/mol. The number of carbonyl (C=O) groups is 1. The second-order valence-electron chi connectivity index (χ2n) is 6.46. The van der Waals surface area contributed by atoms with Crippen LogP contribution in [0.15, 0.2) is 58.0 Å². The van der Waals surface area contributed by atoms with Crippen LogP contribution in [-0.2, 0) is 0 Å². The molecule has 1 saturated heterocycles. The van der Waals surface area contributed by atoms with Gasteiger partial charge in [-0.1, -0.05) is 35.5 Å². The number of amides is 1. The van der Waals surface area contributed by atoms with Crippen LogP contribution in [0, 0.1) is 6.92 Å². The summed E-state index contributed by atoms with van der Waals surface area (Å²) in [6, 6.07) is 12.9. The summed E-state index contributed by atoms with van der Waals surface area (Å²) in [6.07, 6.45) is 1.49. The van der Waals surface area contributed by atoms with Crippen LogP contribution in [0.4, 0.5) is 0 Å². The summed E-state index contributed by atoms with van der Waals surface area (Å²) in [4.78, 5) is 33.0. The Morgan fingerprint density at radius 3 is 2.65 bits per heavy atom. The van der Waals surface area contributed by atoms with Crippen LogP contribution in [0.5, 0.6) is 0 Å². The van der Waals surface area contributed by atoms with Crippen LogP contribution in [0.2, 0.25) is 0 Å². The van der Waals surface area contributed by atoms with E-state index in [9.17, 15) is 9.59 Å². The highest BCUT2D eigenvalue weighted by Crippen LogP contribution is 2.39. The number of likely N-dealkylation sites (tertiary alicyclic amines) is 1. The van der Waals surface area contributed by atoms with Crippen LogP contribution in [0.25, 0.3) is 0 Å². The van der Waals surface area contributed by atoms with Crippen molar-refractivity contribution in [3.8, 4) is 0 Å². The fraction of sp³-hybridized carbons (Fsp3) is 0.263. The van der Waals surface area contributed by atoms with E-state index in [0.717, 1.165) is 5.56 Å². The smallest absolute Gasteiger partial charge is 0.254 e. The number of benzene rings is 1. The molecule has 3 heterocycles. The van der Waals surface area contributed by atoms with Crippen molar-refractivity contribution in [2.24, 2.45) is 0 Å². The molecule has 2 aromatic heterocycles. The highest BCUT2D eigenvalue weighted by atomic mass is 16.5. The van der Waals surface area contributed by atoms with Crippen LogP contribution in [0.3, 0.4) is 0 Å². The summed E-state index contributed by atoms with van der Waals surface area (Å²) in [7, 11) is 0. The van der Waals surface area contributed by atoms with E-state index in [4.69, 9.17) is 4.52 Å². The average Bonchev–Trinajstić information content (AvgIpc) is 3.28. The van der Waals surface area contributed by atoms with Gasteiger partial charge in [-0.05, 0) is 18.6 Å². The van der Waals surface area contributed by atoms with E-state index in [1.54, 1.807) is 17.9 Å². The molecule has 0 bridgehead atoms. The maximum atomic E-state index is 12.9. The summed E-state index contributed by atoms with van der Waals surface area (Å²) in [5, 5.41) is 3.89. The number of carbonyl (C=O) groups excluding carboxylic acids is 1. The molecule has 1 N–H and O–H groups in total. The number of aromatic amines is 1. The van der Waals surface area contributed by atoms with Gasteiger partial charge in [0.2, 0.25) is 11.4 Å². The van der Waals surface area contributed by atoms with Gasteiger partial charge in [-0.2, -0.15) is 4.98 Å². The summed E-state index contributed by atoms with van der Waals surface area (Å²) < 4.78 is 5.40. The van der Waals surface area contributed by atoms with Crippen molar-refractivity contribution in [1.29, 1.82) is 0 Å². The standard InChI is InChI=1S/C19H18N4O3/c1-12-21-18(26-22-12)16-11-23(10-15(16)13-5-3-2-4-6-13)19(25)14-7-8-20-17(24)9-14/h2-9,15-16H,10-11H2,1H3,(H,20,24). The summed E-state index contributed by atoms with van der Waals surface area (Å²) in [6.45, 7) is 2.77. The third kappa shape index (κ3) is 3.03. The van der Waals surface area contributed by atoms with Crippen molar-refractivity contribution in [2.45, 2.75) is 18.8 Å². The van der Waals surface area contributed by atoms with Gasteiger partial charge in [-0.25, -0.2) is 0 Å². The van der Waals surface area contributed by atoms with E-state index >= 15 is 0 Å². The molecule has 1 aromatic carbocycles.